The van der Waals surface area contributed by atoms with Gasteiger partial charge in [-0.05, 0) is 36.3 Å². The van der Waals surface area contributed by atoms with Crippen LogP contribution in [0.2, 0.25) is 0 Å². The normalized spacial score (nSPS) is 11.8. The summed E-state index contributed by atoms with van der Waals surface area (Å²) in [5.41, 5.74) is 0. The highest BCUT2D eigenvalue weighted by Crippen LogP contribution is 2.08. The van der Waals surface area contributed by atoms with E-state index >= 15 is 0 Å². The number of hydrogen-bond donors (Lipinski definition) is 3. The summed E-state index contributed by atoms with van der Waals surface area (Å²) in [4.78, 5) is 23.7. The van der Waals surface area contributed by atoms with E-state index in [0.717, 1.165) is 6.42 Å². The molecular formula is C12H18N2O3S2. The van der Waals surface area contributed by atoms with Crippen molar-refractivity contribution in [1.29, 1.82) is 0 Å². The summed E-state index contributed by atoms with van der Waals surface area (Å²) in [5, 5.41) is 16.1. The third-order valence-electron chi connectivity index (χ3n) is 2.45. The number of thiophene rings is 1. The molecule has 19 heavy (non-hydrogen) atoms. The zero-order chi connectivity index (χ0) is 14.1. The van der Waals surface area contributed by atoms with E-state index in [4.69, 9.17) is 5.11 Å². The Kier molecular flexibility index (Phi) is 7.35. The molecule has 0 unspecified atom stereocenters. The van der Waals surface area contributed by atoms with E-state index in [2.05, 4.69) is 10.6 Å². The number of rotatable bonds is 8. The van der Waals surface area contributed by atoms with Gasteiger partial charge in [-0.2, -0.15) is 11.8 Å². The fourth-order valence-electron chi connectivity index (χ4n) is 1.46. The standard InChI is InChI=1S/C12H18N2O3S2/c1-18-8-5-10(11(15)16)14-12(17)13-6-4-9-3-2-7-19-9/h2-3,7,10H,4-6,8H2,1H3,(H,15,16)(H2,13,14,17)/t10-/m1/s1. The van der Waals surface area contributed by atoms with E-state index in [1.807, 2.05) is 23.8 Å². The van der Waals surface area contributed by atoms with Crippen molar-refractivity contribution in [2.24, 2.45) is 0 Å². The van der Waals surface area contributed by atoms with E-state index in [0.29, 0.717) is 18.7 Å². The van der Waals surface area contributed by atoms with Crippen LogP contribution in [0.5, 0.6) is 0 Å². The highest BCUT2D eigenvalue weighted by atomic mass is 32.2. The van der Waals surface area contributed by atoms with Crippen molar-refractivity contribution < 1.29 is 14.7 Å². The molecule has 0 aromatic carbocycles. The van der Waals surface area contributed by atoms with E-state index in [9.17, 15) is 9.59 Å². The molecule has 1 rings (SSSR count). The number of thioether (sulfide) groups is 1. The van der Waals surface area contributed by atoms with Gasteiger partial charge in [-0.3, -0.25) is 0 Å². The number of carboxylic acid groups (broad SMARTS) is 1. The van der Waals surface area contributed by atoms with Crippen molar-refractivity contribution in [2.45, 2.75) is 18.9 Å². The van der Waals surface area contributed by atoms with E-state index < -0.39 is 18.0 Å². The molecule has 106 valence electrons. The third kappa shape index (κ3) is 6.49. The topological polar surface area (TPSA) is 78.4 Å². The first-order chi connectivity index (χ1) is 9.13. The molecular weight excluding hydrogens is 284 g/mol. The molecule has 0 saturated heterocycles. The van der Waals surface area contributed by atoms with E-state index in [-0.39, 0.29) is 0 Å². The Balaban J connectivity index is 2.25. The molecule has 0 bridgehead atoms. The minimum absolute atomic E-state index is 0.425. The van der Waals surface area contributed by atoms with Gasteiger partial charge in [0.05, 0.1) is 0 Å². The smallest absolute Gasteiger partial charge is 0.326 e. The first kappa shape index (κ1) is 15.8. The molecule has 1 heterocycles. The Bertz CT molecular complexity index is 396. The first-order valence-electron chi connectivity index (χ1n) is 5.92. The fraction of sp³-hybridized carbons (Fsp3) is 0.500. The second-order valence-corrected chi connectivity index (χ2v) is 5.92. The van der Waals surface area contributed by atoms with Gasteiger partial charge in [0.25, 0.3) is 0 Å². The highest BCUT2D eigenvalue weighted by Gasteiger charge is 2.18. The molecule has 3 N–H and O–H groups in total. The Morgan fingerprint density at radius 1 is 1.53 bits per heavy atom. The van der Waals surface area contributed by atoms with Gasteiger partial charge in [0.15, 0.2) is 0 Å². The van der Waals surface area contributed by atoms with Crippen LogP contribution in [-0.4, -0.2) is 41.7 Å². The summed E-state index contributed by atoms with van der Waals surface area (Å²) in [6.07, 6.45) is 3.09. The fourth-order valence-corrected chi connectivity index (χ4v) is 2.64. The number of carbonyl (C=O) groups excluding carboxylic acids is 1. The molecule has 1 atom stereocenters. The quantitative estimate of drug-likeness (QED) is 0.684. The molecule has 7 heteroatoms. The van der Waals surface area contributed by atoms with Gasteiger partial charge in [-0.1, -0.05) is 6.07 Å². The molecule has 2 amide bonds. The lowest BCUT2D eigenvalue weighted by atomic mass is 10.2. The predicted molar refractivity (Wildman–Crippen MR) is 79.0 cm³/mol. The molecule has 1 aromatic heterocycles. The molecule has 0 aliphatic carbocycles. The molecule has 0 saturated carbocycles. The summed E-state index contributed by atoms with van der Waals surface area (Å²) in [6.45, 7) is 0.501. The summed E-state index contributed by atoms with van der Waals surface area (Å²) in [6, 6.07) is 2.71. The Labute approximate surface area is 120 Å². The molecule has 0 aliphatic rings. The molecule has 0 fully saturated rings. The number of urea groups is 1. The molecule has 1 aromatic rings. The Morgan fingerprint density at radius 2 is 2.32 bits per heavy atom. The zero-order valence-electron chi connectivity index (χ0n) is 10.7. The second-order valence-electron chi connectivity index (χ2n) is 3.90. The summed E-state index contributed by atoms with van der Waals surface area (Å²) < 4.78 is 0. The van der Waals surface area contributed by atoms with Crippen LogP contribution in [0, 0.1) is 0 Å². The maximum atomic E-state index is 11.6. The van der Waals surface area contributed by atoms with Gasteiger partial charge in [0.1, 0.15) is 6.04 Å². The van der Waals surface area contributed by atoms with Crippen molar-refractivity contribution in [1.82, 2.24) is 10.6 Å². The van der Waals surface area contributed by atoms with Crippen LogP contribution in [-0.2, 0) is 11.2 Å². The largest absolute Gasteiger partial charge is 0.480 e. The van der Waals surface area contributed by atoms with Crippen molar-refractivity contribution in [2.75, 3.05) is 18.6 Å². The lowest BCUT2D eigenvalue weighted by molar-refractivity contribution is -0.139. The SMILES string of the molecule is CSCC[C@@H](NC(=O)NCCc1cccs1)C(=O)O. The minimum atomic E-state index is -0.998. The molecule has 0 spiro atoms. The van der Waals surface area contributed by atoms with Gasteiger partial charge in [0, 0.05) is 11.4 Å². The van der Waals surface area contributed by atoms with Crippen LogP contribution in [0.1, 0.15) is 11.3 Å². The third-order valence-corrected chi connectivity index (χ3v) is 4.03. The number of hydrogen-bond acceptors (Lipinski definition) is 4. The number of amides is 2. The average molecular weight is 302 g/mol. The number of carboxylic acids is 1. The monoisotopic (exact) mass is 302 g/mol. The van der Waals surface area contributed by atoms with Crippen molar-refractivity contribution in [3.8, 4) is 0 Å². The van der Waals surface area contributed by atoms with Crippen LogP contribution >= 0.6 is 23.1 Å². The number of aliphatic carboxylic acids is 1. The Morgan fingerprint density at radius 3 is 2.89 bits per heavy atom. The van der Waals surface area contributed by atoms with E-state index in [1.165, 1.54) is 4.88 Å². The van der Waals surface area contributed by atoms with Crippen LogP contribution in [0.4, 0.5) is 4.79 Å². The summed E-state index contributed by atoms with van der Waals surface area (Å²) >= 11 is 3.19. The van der Waals surface area contributed by atoms with Crippen LogP contribution in [0.3, 0.4) is 0 Å². The van der Waals surface area contributed by atoms with Gasteiger partial charge >= 0.3 is 12.0 Å². The van der Waals surface area contributed by atoms with Crippen molar-refractivity contribution >= 4 is 35.1 Å². The van der Waals surface area contributed by atoms with Gasteiger partial charge in [0.2, 0.25) is 0 Å². The summed E-state index contributed by atoms with van der Waals surface area (Å²) in [5.74, 6) is -0.297. The minimum Gasteiger partial charge on any atom is -0.480 e. The van der Waals surface area contributed by atoms with Gasteiger partial charge in [-0.15, -0.1) is 11.3 Å². The Hall–Kier alpha value is -1.21. The first-order valence-corrected chi connectivity index (χ1v) is 8.19. The molecule has 0 radical (unpaired) electrons. The lowest BCUT2D eigenvalue weighted by Gasteiger charge is -2.14. The lowest BCUT2D eigenvalue weighted by Crippen LogP contribution is -2.46. The molecule has 0 aliphatic heterocycles. The van der Waals surface area contributed by atoms with Crippen molar-refractivity contribution in [3.05, 3.63) is 22.4 Å². The predicted octanol–water partition coefficient (Wildman–Crippen LogP) is 1.80. The van der Waals surface area contributed by atoms with Crippen LogP contribution in [0.15, 0.2) is 17.5 Å². The highest BCUT2D eigenvalue weighted by molar-refractivity contribution is 7.98. The summed E-state index contributed by atoms with van der Waals surface area (Å²) in [7, 11) is 0. The number of carbonyl (C=O) groups is 2. The second kappa shape index (κ2) is 8.82. The van der Waals surface area contributed by atoms with Crippen LogP contribution < -0.4 is 10.6 Å². The van der Waals surface area contributed by atoms with E-state index in [1.54, 1.807) is 23.1 Å². The maximum absolute atomic E-state index is 11.6. The van der Waals surface area contributed by atoms with Crippen molar-refractivity contribution in [3.63, 3.8) is 0 Å². The maximum Gasteiger partial charge on any atom is 0.326 e. The molecule has 5 nitrogen and oxygen atoms in total. The van der Waals surface area contributed by atoms with Gasteiger partial charge < -0.3 is 15.7 Å². The van der Waals surface area contributed by atoms with Gasteiger partial charge in [-0.25, -0.2) is 9.59 Å². The number of nitrogens with one attached hydrogen (secondary N) is 2. The average Bonchev–Trinajstić information content (AvgIpc) is 2.87. The zero-order valence-corrected chi connectivity index (χ0v) is 12.4. The van der Waals surface area contributed by atoms with Crippen LogP contribution in [0.25, 0.3) is 0 Å².